The fourth-order valence-corrected chi connectivity index (χ4v) is 7.43. The average molecular weight is 477 g/mol. The number of fused-ring (bicyclic) bond motifs is 5. The Balaban J connectivity index is 1.23. The van der Waals surface area contributed by atoms with E-state index in [1.165, 1.54) is 71.2 Å². The van der Waals surface area contributed by atoms with Crippen LogP contribution in [0.15, 0.2) is 54.6 Å². The van der Waals surface area contributed by atoms with Crippen molar-refractivity contribution >= 4 is 16.7 Å². The van der Waals surface area contributed by atoms with Gasteiger partial charge in [0, 0.05) is 24.2 Å². The molecular formula is C32H36N4. The van der Waals surface area contributed by atoms with Crippen LogP contribution in [-0.4, -0.2) is 35.0 Å². The third-order valence-electron chi connectivity index (χ3n) is 9.52. The fraction of sp³-hybridized carbons (Fsp3) is 0.406. The van der Waals surface area contributed by atoms with E-state index in [-0.39, 0.29) is 5.41 Å². The summed E-state index contributed by atoms with van der Waals surface area (Å²) in [6.45, 7) is 4.70. The molecule has 184 valence electrons. The van der Waals surface area contributed by atoms with Crippen LogP contribution in [0.25, 0.3) is 33.3 Å². The van der Waals surface area contributed by atoms with Gasteiger partial charge in [-0.3, -0.25) is 4.90 Å². The number of likely N-dealkylation sites (tertiary alicyclic amines) is 1. The zero-order valence-corrected chi connectivity index (χ0v) is 21.9. The summed E-state index contributed by atoms with van der Waals surface area (Å²) in [5.41, 5.74) is 11.4. The maximum Gasteiger partial charge on any atom is 0.124 e. The molecule has 0 spiro atoms. The van der Waals surface area contributed by atoms with E-state index in [9.17, 15) is 0 Å². The number of anilines is 1. The number of rotatable bonds is 3. The molecule has 7 rings (SSSR count). The van der Waals surface area contributed by atoms with E-state index in [0.29, 0.717) is 6.04 Å². The highest BCUT2D eigenvalue weighted by molar-refractivity contribution is 5.87. The minimum absolute atomic E-state index is 0.0252. The summed E-state index contributed by atoms with van der Waals surface area (Å²) in [4.78, 5) is 11.4. The molecule has 2 N–H and O–H groups in total. The van der Waals surface area contributed by atoms with Gasteiger partial charge < -0.3 is 10.3 Å². The third kappa shape index (κ3) is 3.20. The van der Waals surface area contributed by atoms with Crippen LogP contribution in [0.4, 0.5) is 5.69 Å². The number of benzene rings is 3. The first-order valence-corrected chi connectivity index (χ1v) is 13.6. The van der Waals surface area contributed by atoms with Crippen molar-refractivity contribution in [3.05, 3.63) is 71.5 Å². The third-order valence-corrected chi connectivity index (χ3v) is 9.52. The second kappa shape index (κ2) is 7.94. The minimum Gasteiger partial charge on any atom is -0.388 e. The number of nitrogens with one attached hydrogen (secondary N) is 2. The van der Waals surface area contributed by atoms with Gasteiger partial charge >= 0.3 is 0 Å². The summed E-state index contributed by atoms with van der Waals surface area (Å²) in [7, 11) is 4.30. The molecular weight excluding hydrogens is 440 g/mol. The second-order valence-electron chi connectivity index (χ2n) is 11.8. The first-order valence-electron chi connectivity index (χ1n) is 13.6. The van der Waals surface area contributed by atoms with Crippen LogP contribution in [0, 0.1) is 5.92 Å². The summed E-state index contributed by atoms with van der Waals surface area (Å²) in [6, 6.07) is 21.6. The van der Waals surface area contributed by atoms with E-state index < -0.39 is 0 Å². The molecule has 1 saturated heterocycles. The lowest BCUT2D eigenvalue weighted by molar-refractivity contribution is 0.184. The number of hydrogen-bond donors (Lipinski definition) is 2. The van der Waals surface area contributed by atoms with Crippen LogP contribution >= 0.6 is 0 Å². The Labute approximate surface area is 214 Å². The Morgan fingerprint density at radius 2 is 1.64 bits per heavy atom. The summed E-state index contributed by atoms with van der Waals surface area (Å²) in [6.07, 6.45) is 6.73. The van der Waals surface area contributed by atoms with E-state index in [1.807, 2.05) is 7.05 Å². The van der Waals surface area contributed by atoms with Gasteiger partial charge in [-0.2, -0.15) is 0 Å². The van der Waals surface area contributed by atoms with Crippen molar-refractivity contribution in [2.45, 2.75) is 63.5 Å². The molecule has 2 heterocycles. The molecule has 1 unspecified atom stereocenters. The van der Waals surface area contributed by atoms with Gasteiger partial charge in [-0.15, -0.1) is 0 Å². The average Bonchev–Trinajstić information content (AvgIpc) is 3.54. The van der Waals surface area contributed by atoms with Gasteiger partial charge in [0.25, 0.3) is 0 Å². The largest absolute Gasteiger partial charge is 0.388 e. The zero-order valence-electron chi connectivity index (χ0n) is 21.9. The molecule has 1 aliphatic heterocycles. The molecule has 3 atom stereocenters. The molecule has 4 nitrogen and oxygen atoms in total. The van der Waals surface area contributed by atoms with Crippen LogP contribution in [0.5, 0.6) is 0 Å². The molecule has 1 aromatic heterocycles. The van der Waals surface area contributed by atoms with Crippen LogP contribution in [-0.2, 0) is 5.41 Å². The predicted molar refractivity (Wildman–Crippen MR) is 150 cm³/mol. The van der Waals surface area contributed by atoms with Crippen molar-refractivity contribution in [2.75, 3.05) is 19.4 Å². The molecule has 2 aliphatic carbocycles. The van der Waals surface area contributed by atoms with Crippen molar-refractivity contribution in [1.82, 2.24) is 14.9 Å². The molecule has 4 heteroatoms. The second-order valence-corrected chi connectivity index (χ2v) is 11.8. The van der Waals surface area contributed by atoms with Gasteiger partial charge in [-0.05, 0) is 95.9 Å². The summed E-state index contributed by atoms with van der Waals surface area (Å²) in [5, 5.41) is 3.30. The normalized spacial score (nSPS) is 24.5. The van der Waals surface area contributed by atoms with Crippen LogP contribution in [0.1, 0.15) is 68.9 Å². The number of hydrogen-bond acceptors (Lipinski definition) is 3. The Morgan fingerprint density at radius 3 is 2.44 bits per heavy atom. The summed E-state index contributed by atoms with van der Waals surface area (Å²) in [5.74, 6) is 1.98. The number of aromatic amines is 1. The Morgan fingerprint density at radius 1 is 0.917 bits per heavy atom. The maximum atomic E-state index is 5.06. The van der Waals surface area contributed by atoms with Gasteiger partial charge in [-0.1, -0.05) is 51.0 Å². The van der Waals surface area contributed by atoms with E-state index in [0.717, 1.165) is 28.8 Å². The quantitative estimate of drug-likeness (QED) is 0.321. The minimum atomic E-state index is -0.0252. The fourth-order valence-electron chi connectivity index (χ4n) is 7.43. The molecule has 0 radical (unpaired) electrons. The predicted octanol–water partition coefficient (Wildman–Crippen LogP) is 7.51. The smallest absolute Gasteiger partial charge is 0.124 e. The SMILES string of the molecule is CNc1ccc2c(c1)C(C)(C)c1cc(-c3ccc4nc(C5C[C@@H]6CCCC[C@@H]6N5C)[nH]c4c3)ccc1-2. The summed E-state index contributed by atoms with van der Waals surface area (Å²) < 4.78 is 0. The van der Waals surface area contributed by atoms with Gasteiger partial charge in [-0.25, -0.2) is 4.98 Å². The summed E-state index contributed by atoms with van der Waals surface area (Å²) >= 11 is 0. The Bertz CT molecular complexity index is 1480. The van der Waals surface area contributed by atoms with Crippen molar-refractivity contribution < 1.29 is 0 Å². The molecule has 3 aromatic carbocycles. The van der Waals surface area contributed by atoms with Gasteiger partial charge in [0.2, 0.25) is 0 Å². The van der Waals surface area contributed by atoms with Crippen molar-refractivity contribution in [3.63, 3.8) is 0 Å². The molecule has 0 bridgehead atoms. The number of aromatic nitrogens is 2. The molecule has 36 heavy (non-hydrogen) atoms. The highest BCUT2D eigenvalue weighted by Crippen LogP contribution is 2.50. The number of imidazole rings is 1. The van der Waals surface area contributed by atoms with Crippen molar-refractivity contribution in [2.24, 2.45) is 5.92 Å². The van der Waals surface area contributed by atoms with Gasteiger partial charge in [0.1, 0.15) is 5.82 Å². The lowest BCUT2D eigenvalue weighted by Gasteiger charge is -2.30. The standard InChI is InChI=1S/C32H36N4/c1-32(2)25-15-19(9-12-23(25)24-13-11-22(33-3)18-26(24)32)20-10-14-27-28(16-20)35-31(34-27)30-17-21-7-5-6-8-29(21)36(30)4/h9-16,18,21,29-30,33H,5-8,17H2,1-4H3,(H,34,35)/t21-,29-,30?/m0/s1. The highest BCUT2D eigenvalue weighted by Gasteiger charge is 2.41. The van der Waals surface area contributed by atoms with Gasteiger partial charge in [0.05, 0.1) is 17.1 Å². The van der Waals surface area contributed by atoms with Crippen LogP contribution in [0.2, 0.25) is 0 Å². The van der Waals surface area contributed by atoms with E-state index in [2.05, 4.69) is 90.7 Å². The van der Waals surface area contributed by atoms with E-state index >= 15 is 0 Å². The topological polar surface area (TPSA) is 44.0 Å². The number of nitrogens with zero attached hydrogens (tertiary/aromatic N) is 2. The van der Waals surface area contributed by atoms with Crippen molar-refractivity contribution in [3.8, 4) is 22.3 Å². The first kappa shape index (κ1) is 22.1. The monoisotopic (exact) mass is 476 g/mol. The van der Waals surface area contributed by atoms with Crippen molar-refractivity contribution in [1.29, 1.82) is 0 Å². The molecule has 1 saturated carbocycles. The zero-order chi connectivity index (χ0) is 24.6. The highest BCUT2D eigenvalue weighted by atomic mass is 15.2. The van der Waals surface area contributed by atoms with Gasteiger partial charge in [0.15, 0.2) is 0 Å². The Hall–Kier alpha value is -3.11. The first-order chi connectivity index (χ1) is 17.4. The van der Waals surface area contributed by atoms with Crippen LogP contribution < -0.4 is 5.32 Å². The Kier molecular flexibility index (Phi) is 4.88. The maximum absolute atomic E-state index is 5.06. The van der Waals surface area contributed by atoms with E-state index in [1.54, 1.807) is 0 Å². The van der Waals surface area contributed by atoms with E-state index in [4.69, 9.17) is 4.98 Å². The van der Waals surface area contributed by atoms with Crippen LogP contribution in [0.3, 0.4) is 0 Å². The molecule has 2 fully saturated rings. The lowest BCUT2D eigenvalue weighted by atomic mass is 9.81. The number of H-pyrrole nitrogens is 1. The molecule has 0 amide bonds. The molecule has 3 aliphatic rings. The lowest BCUT2D eigenvalue weighted by Crippen LogP contribution is -2.32. The molecule has 4 aromatic rings.